The van der Waals surface area contributed by atoms with E-state index in [0.29, 0.717) is 0 Å². The molecule has 0 aromatic heterocycles. The van der Waals surface area contributed by atoms with Gasteiger partial charge in [0.1, 0.15) is 0 Å². The maximum atomic E-state index is 12.0. The van der Waals surface area contributed by atoms with Gasteiger partial charge in [0, 0.05) is 12.0 Å². The second kappa shape index (κ2) is 6.39. The molecule has 1 atom stereocenters. The summed E-state index contributed by atoms with van der Waals surface area (Å²) in [5.74, 6) is 0.483. The Bertz CT molecular complexity index is 395. The summed E-state index contributed by atoms with van der Waals surface area (Å²) in [7, 11) is 0. The molecule has 1 amide bonds. The Labute approximate surface area is 109 Å². The molecule has 1 aromatic rings. The Hall–Kier alpha value is -1.57. The molecule has 0 saturated heterocycles. The van der Waals surface area contributed by atoms with Gasteiger partial charge < -0.3 is 5.32 Å². The largest absolute Gasteiger partial charge is 0.352 e. The van der Waals surface area contributed by atoms with Crippen LogP contribution in [0.3, 0.4) is 0 Å². The Morgan fingerprint density at radius 3 is 2.67 bits per heavy atom. The molecule has 1 fully saturated rings. The van der Waals surface area contributed by atoms with Gasteiger partial charge in [0.15, 0.2) is 0 Å². The molecule has 96 valence electrons. The molecule has 0 spiro atoms. The maximum Gasteiger partial charge on any atom is 0.223 e. The van der Waals surface area contributed by atoms with Crippen molar-refractivity contribution >= 4 is 5.91 Å². The molecule has 0 bridgehead atoms. The van der Waals surface area contributed by atoms with Crippen LogP contribution in [0.2, 0.25) is 0 Å². The monoisotopic (exact) mass is 243 g/mol. The van der Waals surface area contributed by atoms with Crippen molar-refractivity contribution < 1.29 is 4.79 Å². The summed E-state index contributed by atoms with van der Waals surface area (Å²) in [5, 5.41) is 3.16. The molecule has 18 heavy (non-hydrogen) atoms. The summed E-state index contributed by atoms with van der Waals surface area (Å²) in [6.07, 6.45) is 6.90. The van der Waals surface area contributed by atoms with E-state index in [1.54, 1.807) is 0 Å². The van der Waals surface area contributed by atoms with E-state index in [9.17, 15) is 4.79 Å². The van der Waals surface area contributed by atoms with Crippen LogP contribution in [-0.2, 0) is 11.2 Å². The third kappa shape index (κ3) is 3.46. The topological polar surface area (TPSA) is 29.1 Å². The van der Waals surface area contributed by atoms with Gasteiger partial charge in [0.25, 0.3) is 0 Å². The SMILES string of the molecule is C=CC[C@H](Cc1ccccc1)NC(=O)C1CCC1. The first-order chi connectivity index (χ1) is 8.79. The standard InChI is InChI=1S/C16H21NO/c1-2-7-15(12-13-8-4-3-5-9-13)17-16(18)14-10-6-11-14/h2-5,8-9,14-15H,1,6-7,10-12H2,(H,17,18)/t15-/m1/s1. The predicted octanol–water partition coefficient (Wildman–Crippen LogP) is 3.09. The van der Waals surface area contributed by atoms with Gasteiger partial charge in [-0.05, 0) is 31.2 Å². The van der Waals surface area contributed by atoms with Crippen molar-refractivity contribution in [3.05, 3.63) is 48.6 Å². The molecular weight excluding hydrogens is 222 g/mol. The van der Waals surface area contributed by atoms with Crippen molar-refractivity contribution in [3.63, 3.8) is 0 Å². The van der Waals surface area contributed by atoms with Crippen LogP contribution in [0.5, 0.6) is 0 Å². The molecule has 2 nitrogen and oxygen atoms in total. The highest BCUT2D eigenvalue weighted by Gasteiger charge is 2.26. The van der Waals surface area contributed by atoms with Crippen LogP contribution in [0.1, 0.15) is 31.2 Å². The quantitative estimate of drug-likeness (QED) is 0.764. The van der Waals surface area contributed by atoms with Crippen molar-refractivity contribution in [3.8, 4) is 0 Å². The lowest BCUT2D eigenvalue weighted by molar-refractivity contribution is -0.128. The van der Waals surface area contributed by atoms with E-state index < -0.39 is 0 Å². The fourth-order valence-electron chi connectivity index (χ4n) is 2.28. The molecule has 1 aliphatic rings. The maximum absolute atomic E-state index is 12.0. The molecule has 0 heterocycles. The predicted molar refractivity (Wildman–Crippen MR) is 74.2 cm³/mol. The Morgan fingerprint density at radius 2 is 2.11 bits per heavy atom. The molecule has 1 saturated carbocycles. The highest BCUT2D eigenvalue weighted by molar-refractivity contribution is 5.79. The van der Waals surface area contributed by atoms with Crippen molar-refractivity contribution in [2.24, 2.45) is 5.92 Å². The van der Waals surface area contributed by atoms with Crippen LogP contribution in [0.25, 0.3) is 0 Å². The fourth-order valence-corrected chi connectivity index (χ4v) is 2.28. The van der Waals surface area contributed by atoms with Crippen molar-refractivity contribution in [1.29, 1.82) is 0 Å². The van der Waals surface area contributed by atoms with Crippen LogP contribution < -0.4 is 5.32 Å². The Balaban J connectivity index is 1.90. The number of rotatable bonds is 6. The molecule has 1 N–H and O–H groups in total. The van der Waals surface area contributed by atoms with E-state index in [2.05, 4.69) is 24.0 Å². The zero-order chi connectivity index (χ0) is 12.8. The average Bonchev–Trinajstić information content (AvgIpc) is 2.28. The van der Waals surface area contributed by atoms with Crippen LogP contribution in [0.15, 0.2) is 43.0 Å². The third-order valence-corrected chi connectivity index (χ3v) is 3.60. The number of amides is 1. The second-order valence-electron chi connectivity index (χ2n) is 5.05. The number of nitrogens with one attached hydrogen (secondary N) is 1. The van der Waals surface area contributed by atoms with Crippen LogP contribution in [0, 0.1) is 5.92 Å². The first kappa shape index (κ1) is 12.9. The summed E-state index contributed by atoms with van der Waals surface area (Å²) in [5.41, 5.74) is 1.26. The molecule has 0 aliphatic heterocycles. The zero-order valence-electron chi connectivity index (χ0n) is 10.8. The number of hydrogen-bond acceptors (Lipinski definition) is 1. The van der Waals surface area contributed by atoms with Gasteiger partial charge >= 0.3 is 0 Å². The summed E-state index contributed by atoms with van der Waals surface area (Å²) < 4.78 is 0. The van der Waals surface area contributed by atoms with Crippen molar-refractivity contribution in [2.45, 2.75) is 38.1 Å². The molecule has 2 rings (SSSR count). The lowest BCUT2D eigenvalue weighted by Gasteiger charge is -2.27. The molecule has 0 radical (unpaired) electrons. The van der Waals surface area contributed by atoms with Gasteiger partial charge in [-0.3, -0.25) is 4.79 Å². The number of carbonyl (C=O) groups is 1. The van der Waals surface area contributed by atoms with Gasteiger partial charge in [-0.2, -0.15) is 0 Å². The zero-order valence-corrected chi connectivity index (χ0v) is 10.8. The molecular formula is C16H21NO. The Kier molecular flexibility index (Phi) is 4.57. The number of carbonyl (C=O) groups excluding carboxylic acids is 1. The minimum absolute atomic E-state index is 0.179. The normalized spacial score (nSPS) is 16.7. The smallest absolute Gasteiger partial charge is 0.223 e. The first-order valence-corrected chi connectivity index (χ1v) is 6.75. The summed E-state index contributed by atoms with van der Waals surface area (Å²) in [6.45, 7) is 3.78. The lowest BCUT2D eigenvalue weighted by atomic mass is 9.84. The third-order valence-electron chi connectivity index (χ3n) is 3.60. The van der Waals surface area contributed by atoms with E-state index in [-0.39, 0.29) is 17.9 Å². The number of benzene rings is 1. The molecule has 2 heteroatoms. The minimum Gasteiger partial charge on any atom is -0.352 e. The van der Waals surface area contributed by atoms with Gasteiger partial charge in [-0.1, -0.05) is 42.8 Å². The Morgan fingerprint density at radius 1 is 1.39 bits per heavy atom. The summed E-state index contributed by atoms with van der Waals surface area (Å²) in [4.78, 5) is 12.0. The molecule has 1 aliphatic carbocycles. The first-order valence-electron chi connectivity index (χ1n) is 6.75. The summed E-state index contributed by atoms with van der Waals surface area (Å²) in [6, 6.07) is 10.5. The van der Waals surface area contributed by atoms with Crippen LogP contribution in [-0.4, -0.2) is 11.9 Å². The highest BCUT2D eigenvalue weighted by Crippen LogP contribution is 2.26. The van der Waals surface area contributed by atoms with Crippen molar-refractivity contribution in [2.75, 3.05) is 0 Å². The lowest BCUT2D eigenvalue weighted by Crippen LogP contribution is -2.41. The minimum atomic E-state index is 0.179. The van der Waals surface area contributed by atoms with Crippen LogP contribution in [0.4, 0.5) is 0 Å². The van der Waals surface area contributed by atoms with Gasteiger partial charge in [-0.25, -0.2) is 0 Å². The van der Waals surface area contributed by atoms with E-state index in [0.717, 1.165) is 25.7 Å². The summed E-state index contributed by atoms with van der Waals surface area (Å²) >= 11 is 0. The van der Waals surface area contributed by atoms with E-state index in [1.807, 2.05) is 24.3 Å². The van der Waals surface area contributed by atoms with Gasteiger partial charge in [0.2, 0.25) is 5.91 Å². The van der Waals surface area contributed by atoms with Crippen LogP contribution >= 0.6 is 0 Å². The van der Waals surface area contributed by atoms with Gasteiger partial charge in [0.05, 0.1) is 0 Å². The van der Waals surface area contributed by atoms with E-state index in [1.165, 1.54) is 12.0 Å². The van der Waals surface area contributed by atoms with E-state index in [4.69, 9.17) is 0 Å². The van der Waals surface area contributed by atoms with Crippen molar-refractivity contribution in [1.82, 2.24) is 5.32 Å². The highest BCUT2D eigenvalue weighted by atomic mass is 16.2. The fraction of sp³-hybridized carbons (Fsp3) is 0.438. The molecule has 0 unspecified atom stereocenters. The van der Waals surface area contributed by atoms with Gasteiger partial charge in [-0.15, -0.1) is 6.58 Å². The molecule has 1 aromatic carbocycles. The van der Waals surface area contributed by atoms with E-state index >= 15 is 0 Å². The second-order valence-corrected chi connectivity index (χ2v) is 5.05. The number of hydrogen-bond donors (Lipinski definition) is 1. The average molecular weight is 243 g/mol.